The van der Waals surface area contributed by atoms with Crippen molar-refractivity contribution in [1.29, 1.82) is 0 Å². The fourth-order valence-electron chi connectivity index (χ4n) is 2.33. The van der Waals surface area contributed by atoms with Gasteiger partial charge in [-0.2, -0.15) is 0 Å². The molecule has 0 atom stereocenters. The maximum atomic E-state index is 12.0. The molecule has 2 aromatic rings. The van der Waals surface area contributed by atoms with E-state index in [9.17, 15) is 4.79 Å². The number of benzene rings is 2. The third-order valence-corrected chi connectivity index (χ3v) is 3.58. The first kappa shape index (κ1) is 16.5. The van der Waals surface area contributed by atoms with Gasteiger partial charge in [0, 0.05) is 11.6 Å². The van der Waals surface area contributed by atoms with Crippen molar-refractivity contribution in [1.82, 2.24) is 0 Å². The fraction of sp³-hybridized carbons (Fsp3) is 0.100. The van der Waals surface area contributed by atoms with Crippen LogP contribution in [0.5, 0.6) is 11.5 Å². The number of carbonyl (C=O) groups excluding carboxylic acids is 1. The predicted octanol–water partition coefficient (Wildman–Crippen LogP) is 3.71. The summed E-state index contributed by atoms with van der Waals surface area (Å²) in [5.41, 5.74) is 1.89. The number of aliphatic imine (C=N–C) groups is 1. The Morgan fingerprint density at radius 2 is 1.80 bits per heavy atom. The zero-order chi connectivity index (χ0) is 17.6. The Balaban J connectivity index is 1.87. The zero-order valence-electron chi connectivity index (χ0n) is 13.9. The van der Waals surface area contributed by atoms with Gasteiger partial charge in [0.05, 0.1) is 14.2 Å². The van der Waals surface area contributed by atoms with E-state index in [4.69, 9.17) is 14.2 Å². The highest BCUT2D eigenvalue weighted by Gasteiger charge is 2.21. The molecule has 5 heteroatoms. The number of hydrogen-bond donors (Lipinski definition) is 0. The maximum Gasteiger partial charge on any atom is 0.363 e. The van der Waals surface area contributed by atoms with Gasteiger partial charge in [0.15, 0.2) is 5.70 Å². The van der Waals surface area contributed by atoms with Gasteiger partial charge in [-0.25, -0.2) is 9.79 Å². The molecule has 3 rings (SSSR count). The molecular formula is C20H17NO4. The van der Waals surface area contributed by atoms with E-state index >= 15 is 0 Å². The SMILES string of the molecule is COc1ccc(OC)c(/C=C2N=C(/C=C\c3ccccc3)OC/2=O)c1. The molecule has 0 saturated heterocycles. The highest BCUT2D eigenvalue weighted by molar-refractivity contribution is 6.11. The van der Waals surface area contributed by atoms with Crippen molar-refractivity contribution < 1.29 is 19.0 Å². The molecule has 25 heavy (non-hydrogen) atoms. The molecule has 0 N–H and O–H groups in total. The van der Waals surface area contributed by atoms with Crippen LogP contribution in [0.25, 0.3) is 12.2 Å². The largest absolute Gasteiger partial charge is 0.497 e. The smallest absolute Gasteiger partial charge is 0.363 e. The second-order valence-electron chi connectivity index (χ2n) is 5.22. The van der Waals surface area contributed by atoms with Gasteiger partial charge in [-0.15, -0.1) is 0 Å². The van der Waals surface area contributed by atoms with E-state index in [-0.39, 0.29) is 11.6 Å². The van der Waals surface area contributed by atoms with Gasteiger partial charge >= 0.3 is 5.97 Å². The highest BCUT2D eigenvalue weighted by atomic mass is 16.6. The molecule has 1 heterocycles. The van der Waals surface area contributed by atoms with Crippen LogP contribution >= 0.6 is 0 Å². The van der Waals surface area contributed by atoms with Crippen LogP contribution in [0.1, 0.15) is 11.1 Å². The first-order valence-electron chi connectivity index (χ1n) is 7.67. The Kier molecular flexibility index (Phi) is 4.95. The van der Waals surface area contributed by atoms with Crippen molar-refractivity contribution in [3.63, 3.8) is 0 Å². The summed E-state index contributed by atoms with van der Waals surface area (Å²) in [5, 5.41) is 0. The summed E-state index contributed by atoms with van der Waals surface area (Å²) in [4.78, 5) is 16.3. The van der Waals surface area contributed by atoms with E-state index in [2.05, 4.69) is 4.99 Å². The summed E-state index contributed by atoms with van der Waals surface area (Å²) >= 11 is 0. The van der Waals surface area contributed by atoms with E-state index in [0.29, 0.717) is 17.1 Å². The van der Waals surface area contributed by atoms with Crippen LogP contribution in [0.3, 0.4) is 0 Å². The number of nitrogens with zero attached hydrogens (tertiary/aromatic N) is 1. The molecule has 126 valence electrons. The molecule has 0 saturated carbocycles. The maximum absolute atomic E-state index is 12.0. The number of esters is 1. The van der Waals surface area contributed by atoms with Crippen molar-refractivity contribution in [3.05, 3.63) is 71.4 Å². The van der Waals surface area contributed by atoms with Crippen molar-refractivity contribution in [3.8, 4) is 11.5 Å². The summed E-state index contributed by atoms with van der Waals surface area (Å²) in [5.74, 6) is 1.02. The van der Waals surface area contributed by atoms with Crippen molar-refractivity contribution in [2.45, 2.75) is 0 Å². The van der Waals surface area contributed by atoms with Crippen molar-refractivity contribution in [2.75, 3.05) is 14.2 Å². The normalized spacial score (nSPS) is 15.4. The van der Waals surface area contributed by atoms with Crippen LogP contribution in [0.4, 0.5) is 0 Å². The minimum absolute atomic E-state index is 0.208. The van der Waals surface area contributed by atoms with Crippen LogP contribution in [-0.2, 0) is 9.53 Å². The minimum Gasteiger partial charge on any atom is -0.497 e. The predicted molar refractivity (Wildman–Crippen MR) is 96.5 cm³/mol. The van der Waals surface area contributed by atoms with Crippen LogP contribution in [0.2, 0.25) is 0 Å². The third kappa shape index (κ3) is 3.95. The molecule has 1 aliphatic rings. The lowest BCUT2D eigenvalue weighted by Crippen LogP contribution is -2.01. The second-order valence-corrected chi connectivity index (χ2v) is 5.22. The monoisotopic (exact) mass is 335 g/mol. The Hall–Kier alpha value is -3.34. The van der Waals surface area contributed by atoms with Crippen LogP contribution < -0.4 is 9.47 Å². The summed E-state index contributed by atoms with van der Waals surface area (Å²) in [7, 11) is 3.14. The Bertz CT molecular complexity index is 867. The van der Waals surface area contributed by atoms with Gasteiger partial charge < -0.3 is 14.2 Å². The second kappa shape index (κ2) is 7.49. The van der Waals surface area contributed by atoms with Crippen LogP contribution in [0, 0.1) is 0 Å². The van der Waals surface area contributed by atoms with Crippen molar-refractivity contribution >= 4 is 24.0 Å². The Morgan fingerprint density at radius 3 is 2.52 bits per heavy atom. The number of carbonyl (C=O) groups is 1. The molecule has 0 aliphatic carbocycles. The summed E-state index contributed by atoms with van der Waals surface area (Å²) < 4.78 is 15.7. The molecule has 0 unspecified atom stereocenters. The van der Waals surface area contributed by atoms with Crippen LogP contribution in [-0.4, -0.2) is 26.1 Å². The van der Waals surface area contributed by atoms with Gasteiger partial charge in [0.25, 0.3) is 0 Å². The number of hydrogen-bond acceptors (Lipinski definition) is 5. The molecule has 0 radical (unpaired) electrons. The van der Waals surface area contributed by atoms with Gasteiger partial charge in [0.1, 0.15) is 11.5 Å². The third-order valence-electron chi connectivity index (χ3n) is 3.58. The Labute approximate surface area is 145 Å². The fourth-order valence-corrected chi connectivity index (χ4v) is 2.33. The molecule has 0 amide bonds. The number of methoxy groups -OCH3 is 2. The lowest BCUT2D eigenvalue weighted by Gasteiger charge is -2.07. The molecule has 1 aliphatic heterocycles. The standard InChI is InChI=1S/C20H17NO4/c1-23-16-9-10-18(24-2)15(12-16)13-17-20(22)25-19(21-17)11-8-14-6-4-3-5-7-14/h3-13H,1-2H3/b11-8-,17-13+. The first-order valence-corrected chi connectivity index (χ1v) is 7.67. The lowest BCUT2D eigenvalue weighted by molar-refractivity contribution is -0.129. The first-order chi connectivity index (χ1) is 12.2. The van der Waals surface area contributed by atoms with E-state index in [1.165, 1.54) is 0 Å². The van der Waals surface area contributed by atoms with Crippen molar-refractivity contribution in [2.24, 2.45) is 4.99 Å². The molecule has 0 spiro atoms. The van der Waals surface area contributed by atoms with Crippen LogP contribution in [0.15, 0.2) is 65.3 Å². The molecule has 0 aromatic heterocycles. The molecule has 5 nitrogen and oxygen atoms in total. The van der Waals surface area contributed by atoms with E-state index in [1.54, 1.807) is 44.6 Å². The van der Waals surface area contributed by atoms with Gasteiger partial charge in [-0.3, -0.25) is 0 Å². The van der Waals surface area contributed by atoms with Gasteiger partial charge in [-0.05, 0) is 35.9 Å². The summed E-state index contributed by atoms with van der Waals surface area (Å²) in [6.07, 6.45) is 5.12. The van der Waals surface area contributed by atoms with Gasteiger partial charge in [0.2, 0.25) is 5.90 Å². The average molecular weight is 335 g/mol. The van der Waals surface area contributed by atoms with E-state index in [1.807, 2.05) is 36.4 Å². The lowest BCUT2D eigenvalue weighted by atomic mass is 10.1. The highest BCUT2D eigenvalue weighted by Crippen LogP contribution is 2.27. The molecular weight excluding hydrogens is 318 g/mol. The molecule has 0 fully saturated rings. The van der Waals surface area contributed by atoms with Gasteiger partial charge in [-0.1, -0.05) is 30.3 Å². The molecule has 0 bridgehead atoms. The summed E-state index contributed by atoms with van der Waals surface area (Å²) in [6.45, 7) is 0. The zero-order valence-corrected chi connectivity index (χ0v) is 13.9. The number of ether oxygens (including phenoxy) is 3. The topological polar surface area (TPSA) is 57.1 Å². The summed E-state index contributed by atoms with van der Waals surface area (Å²) in [6, 6.07) is 15.0. The minimum atomic E-state index is -0.502. The molecule has 2 aromatic carbocycles. The number of cyclic esters (lactones) is 1. The quantitative estimate of drug-likeness (QED) is 0.617. The Morgan fingerprint density at radius 1 is 1.00 bits per heavy atom. The van der Waals surface area contributed by atoms with E-state index < -0.39 is 5.97 Å². The average Bonchev–Trinajstić information content (AvgIpc) is 3.00. The van der Waals surface area contributed by atoms with E-state index in [0.717, 1.165) is 5.56 Å². The number of rotatable bonds is 5.